The lowest BCUT2D eigenvalue weighted by Crippen LogP contribution is -2.15. The first-order chi connectivity index (χ1) is 9.45. The predicted molar refractivity (Wildman–Crippen MR) is 78.5 cm³/mol. The van der Waals surface area contributed by atoms with Crippen LogP contribution < -0.4 is 0 Å². The molecule has 0 saturated carbocycles. The third-order valence-corrected chi connectivity index (χ3v) is 3.60. The molecule has 0 saturated heterocycles. The molecule has 1 aromatic rings. The number of allylic oxidation sites excluding steroid dienone is 2. The highest BCUT2D eigenvalue weighted by atomic mass is 16.5. The fraction of sp³-hybridized carbons (Fsp3) is 0.471. The van der Waals surface area contributed by atoms with Crippen LogP contribution in [0.4, 0.5) is 0 Å². The van der Waals surface area contributed by atoms with Crippen molar-refractivity contribution in [3.8, 4) is 0 Å². The average Bonchev–Trinajstić information content (AvgIpc) is 2.66. The van der Waals surface area contributed by atoms with Gasteiger partial charge in [-0.25, -0.2) is 0 Å². The minimum atomic E-state index is -0.238. The van der Waals surface area contributed by atoms with Gasteiger partial charge in [-0.15, -0.1) is 0 Å². The fourth-order valence-corrected chi connectivity index (χ4v) is 2.60. The number of carbonyl (C=O) groups excluding carboxylic acids is 1. The van der Waals surface area contributed by atoms with E-state index in [9.17, 15) is 4.79 Å². The highest BCUT2D eigenvalue weighted by molar-refractivity contribution is 5.66. The maximum Gasteiger partial charge on any atom is 0.303 e. The van der Waals surface area contributed by atoms with Crippen molar-refractivity contribution < 1.29 is 13.9 Å². The van der Waals surface area contributed by atoms with Crippen LogP contribution in [0.5, 0.6) is 0 Å². The van der Waals surface area contributed by atoms with Gasteiger partial charge < -0.3 is 9.15 Å². The van der Waals surface area contributed by atoms with Gasteiger partial charge >= 0.3 is 5.97 Å². The van der Waals surface area contributed by atoms with Crippen LogP contribution >= 0.6 is 0 Å². The van der Waals surface area contributed by atoms with Gasteiger partial charge in [0.15, 0.2) is 0 Å². The van der Waals surface area contributed by atoms with Crippen LogP contribution in [0, 0.1) is 6.92 Å². The summed E-state index contributed by atoms with van der Waals surface area (Å²) in [5.74, 6) is 0.780. The third-order valence-electron chi connectivity index (χ3n) is 3.60. The molecule has 0 bridgehead atoms. The molecule has 1 aliphatic carbocycles. The molecular weight excluding hydrogens is 252 g/mol. The summed E-state index contributed by atoms with van der Waals surface area (Å²) in [6, 6.07) is 0. The number of hydrogen-bond acceptors (Lipinski definition) is 3. The minimum absolute atomic E-state index is 0.179. The molecule has 20 heavy (non-hydrogen) atoms. The standard InChI is InChI=1S/C17H22O3/c1-11-5-6-16-13(3)10-19-17(16)9-12(2)8-15(7-11)20-14(4)18/h5,8,10,15H,6-7,9H2,1-4H3/b11-5+,12-8?/t15-/m0/s1. The number of hydrogen-bond donors (Lipinski definition) is 0. The SMILES string of the molecule is CC(=O)O[C@@H]1C=C(C)Cc2occ(C)c2C/C=C(\C)C1. The van der Waals surface area contributed by atoms with Crippen molar-refractivity contribution in [1.29, 1.82) is 0 Å². The highest BCUT2D eigenvalue weighted by Crippen LogP contribution is 2.24. The molecule has 0 aliphatic heterocycles. The van der Waals surface area contributed by atoms with Gasteiger partial charge in [-0.1, -0.05) is 17.2 Å². The van der Waals surface area contributed by atoms with Gasteiger partial charge in [-0.3, -0.25) is 4.79 Å². The topological polar surface area (TPSA) is 39.4 Å². The molecule has 2 rings (SSSR count). The first-order valence-electron chi connectivity index (χ1n) is 7.01. The monoisotopic (exact) mass is 274 g/mol. The average molecular weight is 274 g/mol. The van der Waals surface area contributed by atoms with Crippen molar-refractivity contribution in [2.75, 3.05) is 0 Å². The molecule has 0 unspecified atom stereocenters. The quantitative estimate of drug-likeness (QED) is 0.576. The Balaban J connectivity index is 2.33. The van der Waals surface area contributed by atoms with E-state index >= 15 is 0 Å². The zero-order chi connectivity index (χ0) is 14.7. The number of rotatable bonds is 1. The Morgan fingerprint density at radius 1 is 1.30 bits per heavy atom. The minimum Gasteiger partial charge on any atom is -0.468 e. The largest absolute Gasteiger partial charge is 0.468 e. The smallest absolute Gasteiger partial charge is 0.303 e. The number of ether oxygens (including phenoxy) is 1. The van der Waals surface area contributed by atoms with E-state index in [0.29, 0.717) is 0 Å². The molecule has 0 aromatic carbocycles. The molecule has 0 fully saturated rings. The number of carbonyl (C=O) groups is 1. The van der Waals surface area contributed by atoms with E-state index < -0.39 is 0 Å². The van der Waals surface area contributed by atoms with Crippen LogP contribution in [0.15, 0.2) is 34.0 Å². The van der Waals surface area contributed by atoms with Crippen LogP contribution in [0.25, 0.3) is 0 Å². The van der Waals surface area contributed by atoms with Gasteiger partial charge in [-0.2, -0.15) is 0 Å². The van der Waals surface area contributed by atoms with Crippen molar-refractivity contribution in [2.45, 2.75) is 53.1 Å². The third kappa shape index (κ3) is 3.62. The Morgan fingerprint density at radius 3 is 2.75 bits per heavy atom. The van der Waals surface area contributed by atoms with Crippen molar-refractivity contribution >= 4 is 5.97 Å². The Kier molecular flexibility index (Phi) is 4.48. The molecule has 108 valence electrons. The van der Waals surface area contributed by atoms with Gasteiger partial charge in [0.25, 0.3) is 0 Å². The van der Waals surface area contributed by atoms with E-state index in [2.05, 4.69) is 26.8 Å². The molecule has 1 aromatic heterocycles. The lowest BCUT2D eigenvalue weighted by atomic mass is 9.97. The normalized spacial score (nSPS) is 22.3. The molecule has 1 heterocycles. The van der Waals surface area contributed by atoms with Crippen molar-refractivity contribution in [3.05, 3.63) is 46.4 Å². The summed E-state index contributed by atoms with van der Waals surface area (Å²) in [5.41, 5.74) is 4.88. The van der Waals surface area contributed by atoms with Crippen LogP contribution in [0.3, 0.4) is 0 Å². The number of esters is 1. The van der Waals surface area contributed by atoms with Crippen LogP contribution in [-0.4, -0.2) is 12.1 Å². The zero-order valence-electron chi connectivity index (χ0n) is 12.7. The van der Waals surface area contributed by atoms with Gasteiger partial charge in [0, 0.05) is 25.3 Å². The lowest BCUT2D eigenvalue weighted by molar-refractivity contribution is -0.144. The molecule has 0 N–H and O–H groups in total. The summed E-state index contributed by atoms with van der Waals surface area (Å²) >= 11 is 0. The van der Waals surface area contributed by atoms with Crippen molar-refractivity contribution in [1.82, 2.24) is 0 Å². The van der Waals surface area contributed by atoms with Crippen molar-refractivity contribution in [3.63, 3.8) is 0 Å². The van der Waals surface area contributed by atoms with E-state index in [1.54, 1.807) is 0 Å². The van der Waals surface area contributed by atoms with E-state index in [4.69, 9.17) is 9.15 Å². The van der Waals surface area contributed by atoms with E-state index in [-0.39, 0.29) is 12.1 Å². The van der Waals surface area contributed by atoms with Crippen molar-refractivity contribution in [2.24, 2.45) is 0 Å². The summed E-state index contributed by atoms with van der Waals surface area (Å²) in [6.07, 6.45) is 8.28. The van der Waals surface area contributed by atoms with Gasteiger partial charge in [0.2, 0.25) is 0 Å². The molecular formula is C17H22O3. The second-order valence-corrected chi connectivity index (χ2v) is 5.62. The summed E-state index contributed by atoms with van der Waals surface area (Å²) in [6.45, 7) is 7.67. The van der Waals surface area contributed by atoms with Crippen LogP contribution in [0.1, 0.15) is 44.1 Å². The van der Waals surface area contributed by atoms with Gasteiger partial charge in [0.05, 0.1) is 6.26 Å². The maximum atomic E-state index is 11.2. The molecule has 0 spiro atoms. The maximum absolute atomic E-state index is 11.2. The Bertz CT molecular complexity index is 561. The molecule has 0 amide bonds. The van der Waals surface area contributed by atoms with Gasteiger partial charge in [0.1, 0.15) is 11.9 Å². The van der Waals surface area contributed by atoms with E-state index in [1.165, 1.54) is 29.2 Å². The summed E-state index contributed by atoms with van der Waals surface area (Å²) in [4.78, 5) is 11.2. The second-order valence-electron chi connectivity index (χ2n) is 5.62. The molecule has 3 nitrogen and oxygen atoms in total. The highest BCUT2D eigenvalue weighted by Gasteiger charge is 2.16. The number of fused-ring (bicyclic) bond motifs is 1. The zero-order valence-corrected chi connectivity index (χ0v) is 12.7. The summed E-state index contributed by atoms with van der Waals surface area (Å²) in [5, 5.41) is 0. The lowest BCUT2D eigenvalue weighted by Gasteiger charge is -2.16. The second kappa shape index (κ2) is 6.12. The Morgan fingerprint density at radius 2 is 2.05 bits per heavy atom. The van der Waals surface area contributed by atoms with E-state index in [1.807, 2.05) is 12.3 Å². The first kappa shape index (κ1) is 14.6. The van der Waals surface area contributed by atoms with Gasteiger partial charge in [-0.05, 0) is 38.8 Å². The van der Waals surface area contributed by atoms with Crippen LogP contribution in [0.2, 0.25) is 0 Å². The molecule has 1 aliphatic rings. The van der Waals surface area contributed by atoms with E-state index in [0.717, 1.165) is 25.0 Å². The Hall–Kier alpha value is -1.77. The Labute approximate surface area is 120 Å². The molecule has 3 heteroatoms. The first-order valence-corrected chi connectivity index (χ1v) is 7.01. The fourth-order valence-electron chi connectivity index (χ4n) is 2.60. The number of aryl methyl sites for hydroxylation is 1. The molecule has 0 radical (unpaired) electrons. The number of furan rings is 1. The predicted octanol–water partition coefficient (Wildman–Crippen LogP) is 3.90. The van der Waals surface area contributed by atoms with Crippen LogP contribution in [-0.2, 0) is 22.4 Å². The molecule has 1 atom stereocenters. The summed E-state index contributed by atoms with van der Waals surface area (Å²) < 4.78 is 11.0. The summed E-state index contributed by atoms with van der Waals surface area (Å²) in [7, 11) is 0.